The molecule has 6 aromatic carbocycles. The molecule has 0 spiro atoms. The standard InChI is InChI=1S/C34H30/c1-33(2,31-15-13-27-17-23-9-5-7-11-25(23)19-29(27)21-31)34(3,4)32-16-14-28-18-24-10-6-8-12-26(24)20-30(28)22-32/h5-22H,1-4H3. The van der Waals surface area contributed by atoms with Crippen LogP contribution in [0.25, 0.3) is 43.1 Å². The van der Waals surface area contributed by atoms with Crippen molar-refractivity contribution in [3.05, 3.63) is 120 Å². The minimum Gasteiger partial charge on any atom is -0.0616 e. The van der Waals surface area contributed by atoms with Gasteiger partial charge in [0.2, 0.25) is 0 Å². The van der Waals surface area contributed by atoms with Gasteiger partial charge in [-0.15, -0.1) is 0 Å². The highest BCUT2D eigenvalue weighted by molar-refractivity contribution is 5.99. The third-order valence-electron chi connectivity index (χ3n) is 8.42. The minimum atomic E-state index is -0.0582. The molecule has 6 rings (SSSR count). The summed E-state index contributed by atoms with van der Waals surface area (Å²) in [6.45, 7) is 9.55. The summed E-state index contributed by atoms with van der Waals surface area (Å²) in [5.41, 5.74) is 2.63. The number of rotatable bonds is 3. The van der Waals surface area contributed by atoms with E-state index in [2.05, 4.69) is 137 Å². The summed E-state index contributed by atoms with van der Waals surface area (Å²) in [5.74, 6) is 0. The molecule has 34 heavy (non-hydrogen) atoms. The summed E-state index contributed by atoms with van der Waals surface area (Å²) >= 11 is 0. The van der Waals surface area contributed by atoms with Crippen molar-refractivity contribution in [3.63, 3.8) is 0 Å². The average Bonchev–Trinajstić information content (AvgIpc) is 2.85. The van der Waals surface area contributed by atoms with E-state index in [1.807, 2.05) is 0 Å². The third-order valence-corrected chi connectivity index (χ3v) is 8.42. The Kier molecular flexibility index (Phi) is 4.58. The number of fused-ring (bicyclic) bond motifs is 4. The van der Waals surface area contributed by atoms with E-state index in [0.29, 0.717) is 0 Å². The Bertz CT molecular complexity index is 1570. The molecule has 166 valence electrons. The van der Waals surface area contributed by atoms with Gasteiger partial charge in [0.05, 0.1) is 0 Å². The molecule has 0 radical (unpaired) electrons. The van der Waals surface area contributed by atoms with E-state index < -0.39 is 0 Å². The second-order valence-corrected chi connectivity index (χ2v) is 10.8. The van der Waals surface area contributed by atoms with Gasteiger partial charge in [0, 0.05) is 0 Å². The molecule has 6 aromatic rings. The van der Waals surface area contributed by atoms with Gasteiger partial charge in [0.25, 0.3) is 0 Å². The third kappa shape index (κ3) is 3.21. The van der Waals surface area contributed by atoms with Crippen molar-refractivity contribution in [1.82, 2.24) is 0 Å². The van der Waals surface area contributed by atoms with Crippen molar-refractivity contribution in [2.75, 3.05) is 0 Å². The lowest BCUT2D eigenvalue weighted by Crippen LogP contribution is -2.40. The van der Waals surface area contributed by atoms with Gasteiger partial charge in [-0.3, -0.25) is 0 Å². The SMILES string of the molecule is CC(C)(c1ccc2cc3ccccc3cc2c1)C(C)(C)c1ccc2cc3ccccc3cc2c1. The second kappa shape index (κ2) is 7.43. The molecule has 0 heteroatoms. The van der Waals surface area contributed by atoms with Gasteiger partial charge in [-0.25, -0.2) is 0 Å². The van der Waals surface area contributed by atoms with Crippen molar-refractivity contribution < 1.29 is 0 Å². The van der Waals surface area contributed by atoms with Gasteiger partial charge in [-0.2, -0.15) is 0 Å². The summed E-state index contributed by atoms with van der Waals surface area (Å²) in [6.07, 6.45) is 0. The Balaban J connectivity index is 1.46. The second-order valence-electron chi connectivity index (χ2n) is 10.8. The fourth-order valence-corrected chi connectivity index (χ4v) is 5.38. The van der Waals surface area contributed by atoms with E-state index in [-0.39, 0.29) is 10.8 Å². The molecule has 0 unspecified atom stereocenters. The lowest BCUT2D eigenvalue weighted by Gasteiger charge is -2.43. The van der Waals surface area contributed by atoms with Crippen molar-refractivity contribution >= 4 is 43.1 Å². The van der Waals surface area contributed by atoms with Gasteiger partial charge >= 0.3 is 0 Å². The molecule has 0 aliphatic rings. The van der Waals surface area contributed by atoms with Crippen molar-refractivity contribution in [3.8, 4) is 0 Å². The van der Waals surface area contributed by atoms with Crippen LogP contribution >= 0.6 is 0 Å². The van der Waals surface area contributed by atoms with Gasteiger partial charge in [-0.05, 0) is 89.3 Å². The van der Waals surface area contributed by atoms with Crippen LogP contribution in [0.1, 0.15) is 38.8 Å². The normalized spacial score (nSPS) is 12.7. The molecule has 0 heterocycles. The van der Waals surface area contributed by atoms with Crippen LogP contribution in [0.4, 0.5) is 0 Å². The molecular formula is C34H30. The van der Waals surface area contributed by atoms with Crippen LogP contribution in [-0.4, -0.2) is 0 Å². The van der Waals surface area contributed by atoms with E-state index in [4.69, 9.17) is 0 Å². The molecule has 0 atom stereocenters. The van der Waals surface area contributed by atoms with Gasteiger partial charge in [0.15, 0.2) is 0 Å². The topological polar surface area (TPSA) is 0 Å². The highest BCUT2D eigenvalue weighted by Gasteiger charge is 2.39. The van der Waals surface area contributed by atoms with Crippen LogP contribution in [-0.2, 0) is 10.8 Å². The molecular weight excluding hydrogens is 408 g/mol. The lowest BCUT2D eigenvalue weighted by molar-refractivity contribution is 0.303. The Morgan fingerprint density at radius 1 is 0.324 bits per heavy atom. The molecule has 0 nitrogen and oxygen atoms in total. The van der Waals surface area contributed by atoms with Crippen LogP contribution in [0.2, 0.25) is 0 Å². The zero-order chi connectivity index (χ0) is 23.5. The first-order chi connectivity index (χ1) is 16.3. The van der Waals surface area contributed by atoms with Crippen LogP contribution in [0, 0.1) is 0 Å². The molecule has 0 saturated carbocycles. The summed E-state index contributed by atoms with van der Waals surface area (Å²) in [7, 11) is 0. The maximum absolute atomic E-state index is 2.40. The zero-order valence-corrected chi connectivity index (χ0v) is 20.4. The smallest absolute Gasteiger partial charge is 0.00118 e. The summed E-state index contributed by atoms with van der Waals surface area (Å²) in [4.78, 5) is 0. The number of benzene rings is 6. The van der Waals surface area contributed by atoms with Crippen molar-refractivity contribution in [1.29, 1.82) is 0 Å². The van der Waals surface area contributed by atoms with Gasteiger partial charge in [-0.1, -0.05) is 113 Å². The highest BCUT2D eigenvalue weighted by atomic mass is 14.4. The van der Waals surface area contributed by atoms with Crippen molar-refractivity contribution in [2.24, 2.45) is 0 Å². The largest absolute Gasteiger partial charge is 0.0616 e. The predicted octanol–water partition coefficient (Wildman–Crippen LogP) is 9.55. The maximum Gasteiger partial charge on any atom is -0.00118 e. The Morgan fingerprint density at radius 2 is 0.618 bits per heavy atom. The van der Waals surface area contributed by atoms with E-state index in [0.717, 1.165) is 0 Å². The van der Waals surface area contributed by atoms with Crippen LogP contribution in [0.3, 0.4) is 0 Å². The van der Waals surface area contributed by atoms with Crippen molar-refractivity contribution in [2.45, 2.75) is 38.5 Å². The van der Waals surface area contributed by atoms with Crippen LogP contribution in [0.15, 0.2) is 109 Å². The zero-order valence-electron chi connectivity index (χ0n) is 20.4. The molecule has 0 aliphatic heterocycles. The Morgan fingerprint density at radius 3 is 0.971 bits per heavy atom. The molecule has 0 aliphatic carbocycles. The lowest BCUT2D eigenvalue weighted by atomic mass is 9.61. The van der Waals surface area contributed by atoms with Crippen LogP contribution in [0.5, 0.6) is 0 Å². The van der Waals surface area contributed by atoms with E-state index >= 15 is 0 Å². The number of hydrogen-bond acceptors (Lipinski definition) is 0. The van der Waals surface area contributed by atoms with Gasteiger partial charge < -0.3 is 0 Å². The first-order valence-corrected chi connectivity index (χ1v) is 12.2. The Labute approximate surface area is 201 Å². The highest BCUT2D eigenvalue weighted by Crippen LogP contribution is 2.45. The molecule has 0 saturated heterocycles. The Hall–Kier alpha value is -3.64. The quantitative estimate of drug-likeness (QED) is 0.241. The molecule has 0 bridgehead atoms. The minimum absolute atomic E-state index is 0.0582. The van der Waals surface area contributed by atoms with Gasteiger partial charge in [0.1, 0.15) is 0 Å². The molecule has 0 N–H and O–H groups in total. The van der Waals surface area contributed by atoms with E-state index in [1.54, 1.807) is 0 Å². The predicted molar refractivity (Wildman–Crippen MR) is 149 cm³/mol. The summed E-state index contributed by atoms with van der Waals surface area (Å²) in [6, 6.07) is 40.6. The fourth-order valence-electron chi connectivity index (χ4n) is 5.38. The first-order valence-electron chi connectivity index (χ1n) is 12.2. The fraction of sp³-hybridized carbons (Fsp3) is 0.176. The van der Waals surface area contributed by atoms with Crippen LogP contribution < -0.4 is 0 Å². The molecule has 0 fully saturated rings. The first kappa shape index (κ1) is 20.9. The summed E-state index contributed by atoms with van der Waals surface area (Å²) < 4.78 is 0. The number of hydrogen-bond donors (Lipinski definition) is 0. The maximum atomic E-state index is 2.40. The summed E-state index contributed by atoms with van der Waals surface area (Å²) in [5, 5.41) is 10.4. The molecule has 0 amide bonds. The van der Waals surface area contributed by atoms with E-state index in [1.165, 1.54) is 54.2 Å². The monoisotopic (exact) mass is 438 g/mol. The van der Waals surface area contributed by atoms with E-state index in [9.17, 15) is 0 Å². The average molecular weight is 439 g/mol. The molecule has 0 aromatic heterocycles.